The third-order valence-corrected chi connectivity index (χ3v) is 5.04. The van der Waals surface area contributed by atoms with Gasteiger partial charge in [-0.05, 0) is 25.0 Å². The van der Waals surface area contributed by atoms with E-state index in [1.807, 2.05) is 87.6 Å². The lowest BCUT2D eigenvalue weighted by Crippen LogP contribution is -2.31. The van der Waals surface area contributed by atoms with Crippen LogP contribution in [-0.4, -0.2) is 27.3 Å². The van der Waals surface area contributed by atoms with Crippen molar-refractivity contribution in [2.75, 3.05) is 6.61 Å². The first-order chi connectivity index (χ1) is 14.5. The number of nitrogens with zero attached hydrogens (tertiary/aromatic N) is 3. The number of amides is 1. The van der Waals surface area contributed by atoms with Gasteiger partial charge in [0.25, 0.3) is 5.91 Å². The number of nitrogens with one attached hydrogen (secondary N) is 1. The maximum atomic E-state index is 12.3. The molecule has 4 aromatic rings. The predicted octanol–water partition coefficient (Wildman–Crippen LogP) is 4.20. The van der Waals surface area contributed by atoms with Crippen LogP contribution >= 0.6 is 0 Å². The van der Waals surface area contributed by atoms with E-state index in [-0.39, 0.29) is 18.6 Å². The highest BCUT2D eigenvalue weighted by Gasteiger charge is 2.16. The van der Waals surface area contributed by atoms with Crippen molar-refractivity contribution in [1.82, 2.24) is 20.1 Å². The fraction of sp³-hybridized carbons (Fsp3) is 0.208. The Morgan fingerprint density at radius 1 is 1.10 bits per heavy atom. The Morgan fingerprint density at radius 2 is 1.77 bits per heavy atom. The molecule has 6 heteroatoms. The second kappa shape index (κ2) is 8.37. The van der Waals surface area contributed by atoms with E-state index in [2.05, 4.69) is 15.4 Å². The smallest absolute Gasteiger partial charge is 0.258 e. The molecule has 2 aromatic heterocycles. The molecule has 0 unspecified atom stereocenters. The lowest BCUT2D eigenvalue weighted by molar-refractivity contribution is -0.123. The van der Waals surface area contributed by atoms with Gasteiger partial charge >= 0.3 is 0 Å². The highest BCUT2D eigenvalue weighted by Crippen LogP contribution is 2.31. The molecule has 6 nitrogen and oxygen atoms in total. The molecule has 0 spiro atoms. The summed E-state index contributed by atoms with van der Waals surface area (Å²) in [5, 5.41) is 8.58. The second-order valence-electron chi connectivity index (χ2n) is 7.30. The summed E-state index contributed by atoms with van der Waals surface area (Å²) in [6, 6.07) is 21.6. The van der Waals surface area contributed by atoms with Gasteiger partial charge in [0, 0.05) is 18.7 Å². The van der Waals surface area contributed by atoms with Crippen LogP contribution in [0.25, 0.3) is 22.3 Å². The first kappa shape index (κ1) is 19.6. The largest absolute Gasteiger partial charge is 0.468 e. The molecule has 2 aromatic carbocycles. The SMILES string of the molecule is Cc1cc(OCC(=O)N[C@@H](C)c2ccccc2)nc2c1c(-c1ccccc1)nn2C. The number of hydrogen-bond acceptors (Lipinski definition) is 4. The van der Waals surface area contributed by atoms with Gasteiger partial charge in [0.05, 0.1) is 11.4 Å². The second-order valence-corrected chi connectivity index (χ2v) is 7.30. The summed E-state index contributed by atoms with van der Waals surface area (Å²) in [4.78, 5) is 16.9. The van der Waals surface area contributed by atoms with E-state index >= 15 is 0 Å². The number of aromatic nitrogens is 3. The first-order valence-corrected chi connectivity index (χ1v) is 9.90. The van der Waals surface area contributed by atoms with Crippen LogP contribution in [0.4, 0.5) is 0 Å². The number of hydrogen-bond donors (Lipinski definition) is 1. The van der Waals surface area contributed by atoms with Crippen LogP contribution in [0, 0.1) is 6.92 Å². The summed E-state index contributed by atoms with van der Waals surface area (Å²) in [7, 11) is 1.86. The summed E-state index contributed by atoms with van der Waals surface area (Å²) >= 11 is 0. The van der Waals surface area contributed by atoms with Crippen molar-refractivity contribution >= 4 is 16.9 Å². The molecule has 152 valence electrons. The Hall–Kier alpha value is -3.67. The highest BCUT2D eigenvalue weighted by molar-refractivity contribution is 5.94. The predicted molar refractivity (Wildman–Crippen MR) is 117 cm³/mol. The molecule has 0 aliphatic carbocycles. The molecule has 1 N–H and O–H groups in total. The summed E-state index contributed by atoms with van der Waals surface area (Å²) in [5.74, 6) is 0.214. The van der Waals surface area contributed by atoms with Crippen molar-refractivity contribution in [2.24, 2.45) is 7.05 Å². The molecular formula is C24H24N4O2. The van der Waals surface area contributed by atoms with Crippen LogP contribution in [0.3, 0.4) is 0 Å². The molecule has 0 fully saturated rings. The van der Waals surface area contributed by atoms with Crippen LogP contribution in [0.2, 0.25) is 0 Å². The van der Waals surface area contributed by atoms with Gasteiger partial charge in [0.2, 0.25) is 5.88 Å². The maximum absolute atomic E-state index is 12.3. The minimum absolute atomic E-state index is 0.0926. The quantitative estimate of drug-likeness (QED) is 0.527. The molecule has 0 aliphatic heterocycles. The lowest BCUT2D eigenvalue weighted by Gasteiger charge is -2.14. The maximum Gasteiger partial charge on any atom is 0.258 e. The fourth-order valence-electron chi connectivity index (χ4n) is 3.52. The number of pyridine rings is 1. The van der Waals surface area contributed by atoms with Crippen LogP contribution in [0.5, 0.6) is 5.88 Å². The molecule has 0 radical (unpaired) electrons. The minimum atomic E-state index is -0.194. The summed E-state index contributed by atoms with van der Waals surface area (Å²) < 4.78 is 7.44. The Morgan fingerprint density at radius 3 is 2.47 bits per heavy atom. The van der Waals surface area contributed by atoms with E-state index in [1.54, 1.807) is 4.68 Å². The van der Waals surface area contributed by atoms with Crippen molar-refractivity contribution in [2.45, 2.75) is 19.9 Å². The number of benzene rings is 2. The Bertz CT molecular complexity index is 1170. The summed E-state index contributed by atoms with van der Waals surface area (Å²) in [5.41, 5.74) is 4.70. The van der Waals surface area contributed by atoms with Gasteiger partial charge in [-0.3, -0.25) is 4.79 Å². The number of aryl methyl sites for hydroxylation is 2. The van der Waals surface area contributed by atoms with Gasteiger partial charge in [-0.25, -0.2) is 4.68 Å². The number of ether oxygens (including phenoxy) is 1. The molecule has 2 heterocycles. The zero-order valence-electron chi connectivity index (χ0n) is 17.3. The van der Waals surface area contributed by atoms with Gasteiger partial charge in [-0.1, -0.05) is 60.7 Å². The third kappa shape index (κ3) is 4.03. The van der Waals surface area contributed by atoms with Crippen molar-refractivity contribution in [3.05, 3.63) is 77.9 Å². The average molecular weight is 400 g/mol. The van der Waals surface area contributed by atoms with Crippen molar-refractivity contribution in [1.29, 1.82) is 0 Å². The molecule has 4 rings (SSSR count). The number of fused-ring (bicyclic) bond motifs is 1. The Balaban J connectivity index is 1.50. The number of carbonyl (C=O) groups is 1. The van der Waals surface area contributed by atoms with Crippen LogP contribution < -0.4 is 10.1 Å². The zero-order chi connectivity index (χ0) is 21.1. The van der Waals surface area contributed by atoms with E-state index in [1.165, 1.54) is 0 Å². The normalized spacial score (nSPS) is 12.0. The molecule has 0 saturated heterocycles. The van der Waals surface area contributed by atoms with Gasteiger partial charge in [0.15, 0.2) is 12.3 Å². The van der Waals surface area contributed by atoms with E-state index in [0.29, 0.717) is 5.88 Å². The first-order valence-electron chi connectivity index (χ1n) is 9.90. The lowest BCUT2D eigenvalue weighted by atomic mass is 10.1. The molecule has 30 heavy (non-hydrogen) atoms. The molecule has 0 aliphatic rings. The molecular weight excluding hydrogens is 376 g/mol. The van der Waals surface area contributed by atoms with E-state index < -0.39 is 0 Å². The standard InChI is InChI=1S/C24H24N4O2/c1-16-14-21(30-15-20(29)25-17(2)18-10-6-4-7-11-18)26-24-22(16)23(27-28(24)3)19-12-8-5-9-13-19/h4-14,17H,15H2,1-3H3,(H,25,29)/t17-/m0/s1. The van der Waals surface area contributed by atoms with Crippen LogP contribution in [-0.2, 0) is 11.8 Å². The Kier molecular flexibility index (Phi) is 5.48. The zero-order valence-corrected chi connectivity index (χ0v) is 17.3. The van der Waals surface area contributed by atoms with Crippen molar-refractivity contribution in [3.8, 4) is 17.1 Å². The minimum Gasteiger partial charge on any atom is -0.468 e. The van der Waals surface area contributed by atoms with Crippen molar-refractivity contribution in [3.63, 3.8) is 0 Å². The number of rotatable bonds is 6. The highest BCUT2D eigenvalue weighted by atomic mass is 16.5. The summed E-state index contributed by atoms with van der Waals surface area (Å²) in [6.45, 7) is 3.85. The number of carbonyl (C=O) groups excluding carboxylic acids is 1. The third-order valence-electron chi connectivity index (χ3n) is 5.04. The van der Waals surface area contributed by atoms with Crippen molar-refractivity contribution < 1.29 is 9.53 Å². The molecule has 1 atom stereocenters. The van der Waals surface area contributed by atoms with E-state index in [9.17, 15) is 4.79 Å². The van der Waals surface area contributed by atoms with Crippen LogP contribution in [0.15, 0.2) is 66.7 Å². The Labute approximate surface area is 175 Å². The monoisotopic (exact) mass is 400 g/mol. The van der Waals surface area contributed by atoms with Gasteiger partial charge in [0.1, 0.15) is 5.69 Å². The van der Waals surface area contributed by atoms with E-state index in [4.69, 9.17) is 4.74 Å². The summed E-state index contributed by atoms with van der Waals surface area (Å²) in [6.07, 6.45) is 0. The van der Waals surface area contributed by atoms with Gasteiger partial charge in [-0.15, -0.1) is 0 Å². The van der Waals surface area contributed by atoms with E-state index in [0.717, 1.165) is 33.4 Å². The molecule has 0 bridgehead atoms. The topological polar surface area (TPSA) is 69.0 Å². The molecule has 1 amide bonds. The fourth-order valence-corrected chi connectivity index (χ4v) is 3.52. The van der Waals surface area contributed by atoms with Gasteiger partial charge in [-0.2, -0.15) is 10.1 Å². The molecule has 0 saturated carbocycles. The van der Waals surface area contributed by atoms with Crippen LogP contribution in [0.1, 0.15) is 24.1 Å². The average Bonchev–Trinajstić information content (AvgIpc) is 3.10. The van der Waals surface area contributed by atoms with Gasteiger partial charge < -0.3 is 10.1 Å².